The van der Waals surface area contributed by atoms with E-state index < -0.39 is 0 Å². The number of ether oxygens (including phenoxy) is 1. The number of anilines is 1. The maximum atomic E-state index is 12.9. The Labute approximate surface area is 156 Å². The second kappa shape index (κ2) is 6.61. The zero-order valence-corrected chi connectivity index (χ0v) is 15.1. The van der Waals surface area contributed by atoms with E-state index in [0.29, 0.717) is 30.3 Å². The van der Waals surface area contributed by atoms with Gasteiger partial charge in [-0.3, -0.25) is 14.7 Å². The Hall–Kier alpha value is -2.60. The third-order valence-corrected chi connectivity index (χ3v) is 5.18. The van der Waals surface area contributed by atoms with Gasteiger partial charge in [-0.2, -0.15) is 0 Å². The van der Waals surface area contributed by atoms with E-state index in [0.717, 1.165) is 23.2 Å². The number of amides is 2. The molecule has 0 spiro atoms. The summed E-state index contributed by atoms with van der Waals surface area (Å²) >= 11 is 6.03. The molecule has 2 aliphatic heterocycles. The molecule has 7 heteroatoms. The predicted octanol–water partition coefficient (Wildman–Crippen LogP) is 3.45. The van der Waals surface area contributed by atoms with Crippen LogP contribution in [0.2, 0.25) is 5.02 Å². The molecule has 0 aliphatic carbocycles. The maximum Gasteiger partial charge on any atom is 0.410 e. The first-order valence-electron chi connectivity index (χ1n) is 8.53. The Morgan fingerprint density at radius 2 is 2.04 bits per heavy atom. The van der Waals surface area contributed by atoms with Crippen LogP contribution in [0.3, 0.4) is 0 Å². The number of rotatable bonds is 3. The van der Waals surface area contributed by atoms with Crippen molar-refractivity contribution in [3.8, 4) is 0 Å². The van der Waals surface area contributed by atoms with Crippen LogP contribution < -0.4 is 4.90 Å². The smallest absolute Gasteiger partial charge is 0.410 e. The lowest BCUT2D eigenvalue weighted by Crippen LogP contribution is -2.38. The number of benzene rings is 1. The molecular weight excluding hydrogens is 354 g/mol. The number of pyridine rings is 1. The van der Waals surface area contributed by atoms with Crippen LogP contribution in [0.25, 0.3) is 0 Å². The lowest BCUT2D eigenvalue weighted by atomic mass is 9.98. The molecule has 0 N–H and O–H groups in total. The highest BCUT2D eigenvalue weighted by Gasteiger charge is 2.30. The highest BCUT2D eigenvalue weighted by Crippen LogP contribution is 2.29. The van der Waals surface area contributed by atoms with Crippen molar-refractivity contribution >= 4 is 29.3 Å². The van der Waals surface area contributed by atoms with Gasteiger partial charge in [0.2, 0.25) is 0 Å². The normalized spacial score (nSPS) is 17.9. The van der Waals surface area contributed by atoms with Gasteiger partial charge >= 0.3 is 6.09 Å². The molecule has 2 amide bonds. The topological polar surface area (TPSA) is 62.7 Å². The molecule has 26 heavy (non-hydrogen) atoms. The van der Waals surface area contributed by atoms with E-state index in [1.807, 2.05) is 19.1 Å². The molecule has 2 aromatic rings. The van der Waals surface area contributed by atoms with Crippen molar-refractivity contribution in [2.45, 2.75) is 19.4 Å². The summed E-state index contributed by atoms with van der Waals surface area (Å²) in [5, 5.41) is 0.639. The Kier molecular flexibility index (Phi) is 4.28. The van der Waals surface area contributed by atoms with E-state index >= 15 is 0 Å². The average Bonchev–Trinajstić information content (AvgIpc) is 3.07. The van der Waals surface area contributed by atoms with Crippen LogP contribution in [-0.2, 0) is 11.2 Å². The average molecular weight is 372 g/mol. The van der Waals surface area contributed by atoms with Crippen molar-refractivity contribution in [3.63, 3.8) is 0 Å². The SMILES string of the molecule is CC(c1cncc(N2CCc3cc(Cl)ccc3C2=O)c1)N1CCOC1=O. The van der Waals surface area contributed by atoms with Crippen LogP contribution in [0.5, 0.6) is 0 Å². The number of hydrogen-bond donors (Lipinski definition) is 0. The third kappa shape index (κ3) is 2.90. The van der Waals surface area contributed by atoms with E-state index in [2.05, 4.69) is 4.98 Å². The van der Waals surface area contributed by atoms with Gasteiger partial charge in [0.15, 0.2) is 0 Å². The highest BCUT2D eigenvalue weighted by molar-refractivity contribution is 6.30. The maximum absolute atomic E-state index is 12.9. The fraction of sp³-hybridized carbons (Fsp3) is 0.316. The standard InChI is InChI=1S/C19H18ClN3O3/c1-12(22-6-7-26-19(22)25)14-9-16(11-21-10-14)23-5-4-13-8-15(20)2-3-17(13)18(23)24/h2-3,8-12H,4-7H2,1H3. The fourth-order valence-electron chi connectivity index (χ4n) is 3.46. The summed E-state index contributed by atoms with van der Waals surface area (Å²) in [7, 11) is 0. The van der Waals surface area contributed by atoms with Crippen LogP contribution in [0.1, 0.15) is 34.5 Å². The van der Waals surface area contributed by atoms with Crippen molar-refractivity contribution in [3.05, 3.63) is 58.4 Å². The van der Waals surface area contributed by atoms with Crippen molar-refractivity contribution in [2.24, 2.45) is 0 Å². The predicted molar refractivity (Wildman–Crippen MR) is 97.5 cm³/mol. The van der Waals surface area contributed by atoms with E-state index in [4.69, 9.17) is 16.3 Å². The minimum absolute atomic E-state index is 0.0601. The van der Waals surface area contributed by atoms with Gasteiger partial charge in [-0.05, 0) is 48.7 Å². The van der Waals surface area contributed by atoms with E-state index in [-0.39, 0.29) is 18.0 Å². The second-order valence-electron chi connectivity index (χ2n) is 6.47. The van der Waals surface area contributed by atoms with Gasteiger partial charge in [0, 0.05) is 23.3 Å². The van der Waals surface area contributed by atoms with Crippen molar-refractivity contribution in [1.29, 1.82) is 0 Å². The van der Waals surface area contributed by atoms with Crippen molar-refractivity contribution in [2.75, 3.05) is 24.6 Å². The van der Waals surface area contributed by atoms with Gasteiger partial charge in [0.1, 0.15) is 6.61 Å². The lowest BCUT2D eigenvalue weighted by Gasteiger charge is -2.29. The summed E-state index contributed by atoms with van der Waals surface area (Å²) in [6.07, 6.45) is 3.82. The molecule has 3 heterocycles. The molecule has 0 saturated carbocycles. The molecule has 2 aliphatic rings. The van der Waals surface area contributed by atoms with Gasteiger partial charge in [-0.25, -0.2) is 4.79 Å². The summed E-state index contributed by atoms with van der Waals surface area (Å²) in [5.74, 6) is -0.0601. The van der Waals surface area contributed by atoms with E-state index in [9.17, 15) is 9.59 Å². The number of aromatic nitrogens is 1. The number of cyclic esters (lactones) is 1. The summed E-state index contributed by atoms with van der Waals surface area (Å²) < 4.78 is 5.01. The van der Waals surface area contributed by atoms with Crippen LogP contribution in [0.15, 0.2) is 36.7 Å². The minimum atomic E-state index is -0.317. The van der Waals surface area contributed by atoms with Crippen molar-refractivity contribution in [1.82, 2.24) is 9.88 Å². The largest absolute Gasteiger partial charge is 0.448 e. The van der Waals surface area contributed by atoms with E-state index in [1.54, 1.807) is 34.3 Å². The molecule has 1 atom stereocenters. The Morgan fingerprint density at radius 3 is 2.81 bits per heavy atom. The Balaban J connectivity index is 1.62. The third-order valence-electron chi connectivity index (χ3n) is 4.95. The van der Waals surface area contributed by atoms with E-state index in [1.165, 1.54) is 0 Å². The summed E-state index contributed by atoms with van der Waals surface area (Å²) in [6.45, 7) is 3.46. The minimum Gasteiger partial charge on any atom is -0.448 e. The monoisotopic (exact) mass is 371 g/mol. The quantitative estimate of drug-likeness (QED) is 0.829. The molecule has 0 radical (unpaired) electrons. The molecule has 1 fully saturated rings. The van der Waals surface area contributed by atoms with Gasteiger partial charge in [0.25, 0.3) is 5.91 Å². The van der Waals surface area contributed by atoms with Gasteiger partial charge < -0.3 is 9.64 Å². The molecule has 1 aromatic carbocycles. The Bertz CT molecular complexity index is 886. The number of fused-ring (bicyclic) bond motifs is 1. The van der Waals surface area contributed by atoms with Gasteiger partial charge in [0.05, 0.1) is 24.5 Å². The summed E-state index contributed by atoms with van der Waals surface area (Å²) in [4.78, 5) is 32.4. The lowest BCUT2D eigenvalue weighted by molar-refractivity contribution is 0.0980. The molecule has 1 unspecified atom stereocenters. The second-order valence-corrected chi connectivity index (χ2v) is 6.90. The first kappa shape index (κ1) is 16.8. The number of carbonyl (C=O) groups excluding carboxylic acids is 2. The first-order valence-corrected chi connectivity index (χ1v) is 8.91. The fourth-order valence-corrected chi connectivity index (χ4v) is 3.66. The molecule has 1 aromatic heterocycles. The number of carbonyl (C=O) groups is 2. The van der Waals surface area contributed by atoms with Crippen LogP contribution in [-0.4, -0.2) is 41.6 Å². The molecule has 0 bridgehead atoms. The summed E-state index contributed by atoms with van der Waals surface area (Å²) in [5.41, 5.74) is 3.24. The number of halogens is 1. The van der Waals surface area contributed by atoms with Gasteiger partial charge in [-0.1, -0.05) is 11.6 Å². The molecule has 4 rings (SSSR count). The van der Waals surface area contributed by atoms with Crippen LogP contribution in [0, 0.1) is 0 Å². The zero-order valence-electron chi connectivity index (χ0n) is 14.3. The van der Waals surface area contributed by atoms with Crippen LogP contribution >= 0.6 is 11.6 Å². The van der Waals surface area contributed by atoms with Crippen molar-refractivity contribution < 1.29 is 14.3 Å². The molecule has 6 nitrogen and oxygen atoms in total. The molecule has 134 valence electrons. The first-order chi connectivity index (χ1) is 12.5. The zero-order chi connectivity index (χ0) is 18.3. The Morgan fingerprint density at radius 1 is 1.19 bits per heavy atom. The number of hydrogen-bond acceptors (Lipinski definition) is 4. The van der Waals surface area contributed by atoms with Crippen LogP contribution in [0.4, 0.5) is 10.5 Å². The van der Waals surface area contributed by atoms with Gasteiger partial charge in [-0.15, -0.1) is 0 Å². The summed E-state index contributed by atoms with van der Waals surface area (Å²) in [6, 6.07) is 7.11. The number of nitrogens with zero attached hydrogens (tertiary/aromatic N) is 3. The highest BCUT2D eigenvalue weighted by atomic mass is 35.5. The molecule has 1 saturated heterocycles. The molecular formula is C19H18ClN3O3.